The molecule has 1 heterocycles. The van der Waals surface area contributed by atoms with Crippen molar-refractivity contribution >= 4 is 22.6 Å². The molecule has 0 atom stereocenters. The molecule has 0 fully saturated rings. The van der Waals surface area contributed by atoms with Crippen LogP contribution in [0.15, 0.2) is 60.8 Å². The summed E-state index contributed by atoms with van der Waals surface area (Å²) in [5, 5.41) is 1.31. The molecule has 1 aromatic heterocycles. The van der Waals surface area contributed by atoms with Gasteiger partial charge in [0.25, 0.3) is 0 Å². The van der Waals surface area contributed by atoms with Crippen LogP contribution in [0.5, 0.6) is 0 Å². The van der Waals surface area contributed by atoms with Crippen LogP contribution in [0, 0.1) is 0 Å². The van der Waals surface area contributed by atoms with Gasteiger partial charge >= 0.3 is 0 Å². The number of aromatic nitrogens is 1. The third-order valence-corrected chi connectivity index (χ3v) is 3.53. The number of rotatable bonds is 2. The highest BCUT2D eigenvalue weighted by atomic mass is 14.9. The fraction of sp³-hybridized carbons (Fsp3) is 0.111. The highest BCUT2D eigenvalue weighted by molar-refractivity contribution is 5.94. The second-order valence-corrected chi connectivity index (χ2v) is 4.91. The Kier molecular flexibility index (Phi) is 2.96. The van der Waals surface area contributed by atoms with Crippen LogP contribution >= 0.6 is 0 Å². The molecule has 1 heteroatoms. The molecule has 94 valence electrons. The minimum atomic E-state index is 1.27. The molecule has 0 aliphatic rings. The van der Waals surface area contributed by atoms with E-state index in [2.05, 4.69) is 85.4 Å². The number of fused-ring (bicyclic) bond motifs is 1. The molecule has 19 heavy (non-hydrogen) atoms. The quantitative estimate of drug-likeness (QED) is 0.616. The van der Waals surface area contributed by atoms with E-state index in [1.54, 1.807) is 0 Å². The van der Waals surface area contributed by atoms with Gasteiger partial charge < -0.3 is 4.57 Å². The number of hydrogen-bond acceptors (Lipinski definition) is 0. The van der Waals surface area contributed by atoms with E-state index < -0.39 is 0 Å². The first-order valence-electron chi connectivity index (χ1n) is 6.53. The lowest BCUT2D eigenvalue weighted by molar-refractivity contribution is 0.968. The first-order valence-corrected chi connectivity index (χ1v) is 6.53. The van der Waals surface area contributed by atoms with Crippen LogP contribution in [-0.4, -0.2) is 4.57 Å². The third-order valence-electron chi connectivity index (χ3n) is 3.53. The van der Waals surface area contributed by atoms with Crippen LogP contribution in [0.25, 0.3) is 22.6 Å². The average molecular weight is 247 g/mol. The van der Waals surface area contributed by atoms with Crippen LogP contribution in [0.4, 0.5) is 0 Å². The van der Waals surface area contributed by atoms with Gasteiger partial charge in [-0.15, -0.1) is 0 Å². The summed E-state index contributed by atoms with van der Waals surface area (Å²) in [6, 6.07) is 19.0. The van der Waals surface area contributed by atoms with Gasteiger partial charge in [-0.1, -0.05) is 48.5 Å². The van der Waals surface area contributed by atoms with Crippen molar-refractivity contribution in [3.63, 3.8) is 0 Å². The summed E-state index contributed by atoms with van der Waals surface area (Å²) in [4.78, 5) is 0. The summed E-state index contributed by atoms with van der Waals surface area (Å²) in [6.45, 7) is 2.16. The van der Waals surface area contributed by atoms with Gasteiger partial charge in [0, 0.05) is 29.7 Å². The monoisotopic (exact) mass is 247 g/mol. The molecule has 0 bridgehead atoms. The Morgan fingerprint density at radius 2 is 1.63 bits per heavy atom. The van der Waals surface area contributed by atoms with Crippen molar-refractivity contribution in [2.75, 3.05) is 0 Å². The number of benzene rings is 2. The van der Waals surface area contributed by atoms with Gasteiger partial charge in [0.1, 0.15) is 0 Å². The van der Waals surface area contributed by atoms with Crippen LogP contribution in [0.3, 0.4) is 0 Å². The summed E-state index contributed by atoms with van der Waals surface area (Å²) >= 11 is 0. The van der Waals surface area contributed by atoms with Gasteiger partial charge in [0.15, 0.2) is 0 Å². The van der Waals surface area contributed by atoms with E-state index in [9.17, 15) is 0 Å². The molecule has 0 saturated heterocycles. The van der Waals surface area contributed by atoms with Gasteiger partial charge in [-0.25, -0.2) is 0 Å². The van der Waals surface area contributed by atoms with Crippen LogP contribution < -0.4 is 0 Å². The zero-order valence-electron chi connectivity index (χ0n) is 11.3. The maximum Gasteiger partial charge on any atom is 0.0483 e. The van der Waals surface area contributed by atoms with Crippen molar-refractivity contribution in [2.45, 2.75) is 6.92 Å². The van der Waals surface area contributed by atoms with E-state index >= 15 is 0 Å². The maximum atomic E-state index is 2.26. The zero-order valence-corrected chi connectivity index (χ0v) is 11.3. The fourth-order valence-corrected chi connectivity index (χ4v) is 2.51. The Morgan fingerprint density at radius 1 is 0.947 bits per heavy atom. The Morgan fingerprint density at radius 3 is 2.42 bits per heavy atom. The summed E-state index contributed by atoms with van der Waals surface area (Å²) < 4.78 is 2.18. The van der Waals surface area contributed by atoms with Crippen molar-refractivity contribution in [1.29, 1.82) is 0 Å². The van der Waals surface area contributed by atoms with E-state index in [4.69, 9.17) is 0 Å². The molecule has 0 aliphatic heterocycles. The average Bonchev–Trinajstić information content (AvgIpc) is 2.77. The van der Waals surface area contributed by atoms with Gasteiger partial charge in [-0.2, -0.15) is 0 Å². The zero-order chi connectivity index (χ0) is 13.2. The van der Waals surface area contributed by atoms with Crippen LogP contribution in [0.1, 0.15) is 18.1 Å². The summed E-state index contributed by atoms with van der Waals surface area (Å²) in [6.07, 6.45) is 4.45. The molecule has 3 rings (SSSR count). The predicted octanol–water partition coefficient (Wildman–Crippen LogP) is 4.74. The van der Waals surface area contributed by atoms with Gasteiger partial charge in [0.2, 0.25) is 0 Å². The van der Waals surface area contributed by atoms with Crippen molar-refractivity contribution in [3.8, 4) is 0 Å². The van der Waals surface area contributed by atoms with E-state index in [0.29, 0.717) is 0 Å². The maximum absolute atomic E-state index is 2.26. The number of aryl methyl sites for hydroxylation is 1. The lowest BCUT2D eigenvalue weighted by Gasteiger charge is -2.00. The molecule has 0 unspecified atom stereocenters. The van der Waals surface area contributed by atoms with Crippen LogP contribution in [-0.2, 0) is 7.05 Å². The van der Waals surface area contributed by atoms with Crippen molar-refractivity contribution in [2.24, 2.45) is 7.05 Å². The first-order chi connectivity index (χ1) is 9.25. The smallest absolute Gasteiger partial charge is 0.0483 e. The largest absolute Gasteiger partial charge is 0.350 e. The first kappa shape index (κ1) is 11.8. The SMILES string of the molecule is C/C(=C\c1cn(C)c2ccccc12)c1ccccc1. The van der Waals surface area contributed by atoms with Gasteiger partial charge in [-0.05, 0) is 30.2 Å². The highest BCUT2D eigenvalue weighted by Crippen LogP contribution is 2.25. The van der Waals surface area contributed by atoms with Crippen LogP contribution in [0.2, 0.25) is 0 Å². The Bertz CT molecular complexity index is 733. The summed E-state index contributed by atoms with van der Waals surface area (Å²) in [5.74, 6) is 0. The minimum Gasteiger partial charge on any atom is -0.350 e. The van der Waals surface area contributed by atoms with E-state index in [-0.39, 0.29) is 0 Å². The lowest BCUT2D eigenvalue weighted by atomic mass is 10.0. The molecule has 0 amide bonds. The summed E-state index contributed by atoms with van der Waals surface area (Å²) in [7, 11) is 2.09. The van der Waals surface area contributed by atoms with Gasteiger partial charge in [0.05, 0.1) is 0 Å². The van der Waals surface area contributed by atoms with Gasteiger partial charge in [-0.3, -0.25) is 0 Å². The third kappa shape index (κ3) is 2.19. The number of nitrogens with zero attached hydrogens (tertiary/aromatic N) is 1. The molecule has 0 radical (unpaired) electrons. The molecule has 0 saturated carbocycles. The minimum absolute atomic E-state index is 1.27. The number of hydrogen-bond donors (Lipinski definition) is 0. The lowest BCUT2D eigenvalue weighted by Crippen LogP contribution is -1.81. The molecule has 3 aromatic rings. The second-order valence-electron chi connectivity index (χ2n) is 4.91. The molecule has 1 nitrogen and oxygen atoms in total. The van der Waals surface area contributed by atoms with Crippen molar-refractivity contribution in [3.05, 3.63) is 71.9 Å². The van der Waals surface area contributed by atoms with E-state index in [1.165, 1.54) is 27.6 Å². The standard InChI is InChI=1S/C18H17N/c1-14(15-8-4-3-5-9-15)12-16-13-19(2)18-11-7-6-10-17(16)18/h3-13H,1-2H3/b14-12+. The molecular weight excluding hydrogens is 230 g/mol. The fourth-order valence-electron chi connectivity index (χ4n) is 2.51. The normalized spacial score (nSPS) is 12.0. The number of para-hydroxylation sites is 1. The topological polar surface area (TPSA) is 4.93 Å². The molecular formula is C18H17N. The number of allylic oxidation sites excluding steroid dienone is 1. The second kappa shape index (κ2) is 4.77. The molecule has 0 spiro atoms. The Balaban J connectivity index is 2.11. The Labute approximate surface area is 113 Å². The van der Waals surface area contributed by atoms with E-state index in [0.717, 1.165) is 0 Å². The molecule has 2 aromatic carbocycles. The predicted molar refractivity (Wildman–Crippen MR) is 82.9 cm³/mol. The van der Waals surface area contributed by atoms with Crippen molar-refractivity contribution < 1.29 is 0 Å². The Hall–Kier alpha value is -2.28. The molecule has 0 N–H and O–H groups in total. The molecule has 0 aliphatic carbocycles. The highest BCUT2D eigenvalue weighted by Gasteiger charge is 2.04. The summed E-state index contributed by atoms with van der Waals surface area (Å²) in [5.41, 5.74) is 5.11. The van der Waals surface area contributed by atoms with E-state index in [1.807, 2.05) is 0 Å². The van der Waals surface area contributed by atoms with Crippen molar-refractivity contribution in [1.82, 2.24) is 4.57 Å².